The Labute approximate surface area is 587 Å². The second kappa shape index (κ2) is 22.2. The van der Waals surface area contributed by atoms with Crippen molar-refractivity contribution >= 4 is 103 Å². The third kappa shape index (κ3) is 9.04. The maximum absolute atomic E-state index is 5.24. The first-order valence-electron chi connectivity index (χ1n) is 35.0. The van der Waals surface area contributed by atoms with Crippen molar-refractivity contribution in [3.05, 3.63) is 370 Å². The third-order valence-electron chi connectivity index (χ3n) is 22.2. The van der Waals surface area contributed by atoms with Crippen LogP contribution in [0.4, 0.5) is 34.6 Å². The molecule has 4 heterocycles. The summed E-state index contributed by atoms with van der Waals surface area (Å²) in [7, 11) is 0. The third-order valence-corrected chi connectivity index (χ3v) is 22.2. The van der Waals surface area contributed by atoms with Crippen LogP contribution in [0.2, 0.25) is 0 Å². The van der Waals surface area contributed by atoms with E-state index in [1.54, 1.807) is 0 Å². The summed E-state index contributed by atoms with van der Waals surface area (Å²) in [6.07, 6.45) is 9.24. The smallest absolute Gasteiger partial charge is 0.139 e. The Morgan fingerprint density at radius 3 is 0.822 bits per heavy atom. The van der Waals surface area contributed by atoms with E-state index in [1.807, 2.05) is 0 Å². The second-order valence-corrected chi connectivity index (χ2v) is 28.6. The lowest BCUT2D eigenvalue weighted by Crippen LogP contribution is -2.26. The molecule has 20 rings (SSSR count). The summed E-state index contributed by atoms with van der Waals surface area (Å²) in [5.41, 5.74) is 30.0. The average molecular weight is 1290 g/mol. The lowest BCUT2D eigenvalue weighted by molar-refractivity contribution is 0.660. The Kier molecular flexibility index (Phi) is 12.9. The molecular weight excluding hydrogens is 1230 g/mol. The minimum atomic E-state index is -0.523. The fourth-order valence-corrected chi connectivity index (χ4v) is 17.2. The van der Waals surface area contributed by atoms with Crippen LogP contribution in [0.15, 0.2) is 303 Å². The zero-order valence-corrected chi connectivity index (χ0v) is 56.4. The van der Waals surface area contributed by atoms with Crippen LogP contribution in [-0.4, -0.2) is 19.9 Å². The molecule has 0 bridgehead atoms. The van der Waals surface area contributed by atoms with E-state index in [9.17, 15) is 0 Å². The van der Waals surface area contributed by atoms with E-state index in [0.717, 1.165) is 101 Å². The minimum Gasteiger partial charge on any atom is -0.279 e. The van der Waals surface area contributed by atoms with Gasteiger partial charge in [-0.1, -0.05) is 246 Å². The van der Waals surface area contributed by atoms with Crippen molar-refractivity contribution in [1.29, 1.82) is 0 Å². The van der Waals surface area contributed by atoms with Crippen LogP contribution in [0.1, 0.15) is 94.5 Å². The zero-order valence-electron chi connectivity index (χ0n) is 56.4. The topological polar surface area (TPSA) is 58.0 Å². The molecule has 6 nitrogen and oxygen atoms in total. The number of benzene rings is 12. The highest BCUT2D eigenvalue weighted by Crippen LogP contribution is 2.63. The predicted molar refractivity (Wildman–Crippen MR) is 419 cm³/mol. The van der Waals surface area contributed by atoms with E-state index in [1.165, 1.54) is 89.0 Å². The maximum atomic E-state index is 5.24. The van der Waals surface area contributed by atoms with Crippen molar-refractivity contribution in [3.8, 4) is 44.5 Å². The van der Waals surface area contributed by atoms with E-state index < -0.39 is 5.41 Å². The van der Waals surface area contributed by atoms with Gasteiger partial charge in [-0.15, -0.1) is 0 Å². The molecule has 0 atom stereocenters. The van der Waals surface area contributed by atoms with Gasteiger partial charge in [0.2, 0.25) is 0 Å². The van der Waals surface area contributed by atoms with Crippen molar-refractivity contribution in [2.45, 2.75) is 43.9 Å². The Morgan fingerprint density at radius 2 is 0.485 bits per heavy atom. The van der Waals surface area contributed by atoms with Crippen LogP contribution in [0.5, 0.6) is 0 Å². The highest BCUT2D eigenvalue weighted by atomic mass is 15.2. The summed E-state index contributed by atoms with van der Waals surface area (Å²) in [5, 5.41) is 4.40. The highest BCUT2D eigenvalue weighted by Gasteiger charge is 2.52. The van der Waals surface area contributed by atoms with Crippen LogP contribution in [0.25, 0.3) is 112 Å². The summed E-state index contributed by atoms with van der Waals surface area (Å²) in [4.78, 5) is 25.4. The molecule has 6 heteroatoms. The van der Waals surface area contributed by atoms with Gasteiger partial charge in [-0.05, 0) is 220 Å². The van der Waals surface area contributed by atoms with E-state index >= 15 is 0 Å². The summed E-state index contributed by atoms with van der Waals surface area (Å²) in [5.74, 6) is 3.29. The molecule has 476 valence electrons. The first-order chi connectivity index (χ1) is 49.5. The number of hydrogen-bond donors (Lipinski definition) is 0. The van der Waals surface area contributed by atoms with E-state index in [-0.39, 0.29) is 10.8 Å². The van der Waals surface area contributed by atoms with E-state index in [2.05, 4.69) is 365 Å². The van der Waals surface area contributed by atoms with Crippen molar-refractivity contribution in [1.82, 2.24) is 19.9 Å². The molecule has 4 aromatic heterocycles. The molecule has 16 aromatic rings. The number of pyridine rings is 4. The molecule has 0 radical (unpaired) electrons. The fraction of sp³-hybridized carbons (Fsp3) is 0.0737. The summed E-state index contributed by atoms with van der Waals surface area (Å²) in [6.45, 7) is 9.47. The maximum Gasteiger partial charge on any atom is 0.139 e. The quantitative estimate of drug-likeness (QED) is 0.127. The first kappa shape index (κ1) is 58.5. The molecule has 0 saturated carbocycles. The van der Waals surface area contributed by atoms with E-state index in [0.29, 0.717) is 0 Å². The van der Waals surface area contributed by atoms with Crippen LogP contribution < -0.4 is 9.80 Å². The Hall–Kier alpha value is -12.6. The van der Waals surface area contributed by atoms with Gasteiger partial charge >= 0.3 is 0 Å². The number of aromatic nitrogens is 4. The zero-order chi connectivity index (χ0) is 67.3. The van der Waals surface area contributed by atoms with Crippen molar-refractivity contribution in [2.75, 3.05) is 9.80 Å². The lowest BCUT2D eigenvalue weighted by atomic mass is 9.70. The van der Waals surface area contributed by atoms with Gasteiger partial charge in [0, 0.05) is 43.7 Å². The van der Waals surface area contributed by atoms with Crippen molar-refractivity contribution in [2.24, 2.45) is 0 Å². The largest absolute Gasteiger partial charge is 0.279 e. The summed E-state index contributed by atoms with van der Waals surface area (Å²) >= 11 is 0. The number of fused-ring (bicyclic) bond motifs is 20. The highest BCUT2D eigenvalue weighted by molar-refractivity contribution is 5.98. The van der Waals surface area contributed by atoms with Gasteiger partial charge in [0.05, 0.1) is 27.5 Å². The van der Waals surface area contributed by atoms with Gasteiger partial charge in [0.1, 0.15) is 23.3 Å². The molecule has 0 fully saturated rings. The van der Waals surface area contributed by atoms with Gasteiger partial charge in [-0.2, -0.15) is 0 Å². The normalized spacial score (nSPS) is 14.3. The first-order valence-corrected chi connectivity index (χ1v) is 35.0. The van der Waals surface area contributed by atoms with Gasteiger partial charge in [0.15, 0.2) is 0 Å². The number of nitrogens with zero attached hydrogens (tertiary/aromatic N) is 6. The van der Waals surface area contributed by atoms with Gasteiger partial charge in [0.25, 0.3) is 0 Å². The SMILES string of the molecule is CC1(C)c2cc(/C=C/c3ccc4c(c3)C3(c5ccccc5-c5ccccc53)c3cc(/C=C/c5ccc6c(c5)C(C)(C)c5cc(N(c7ccc8ccccc8n7)c7ccc8ccccc8n7)ccc5-6)ccc3-4)ccc2-c2ccc(N(c3ccc4ccccc4n3)c3ccc4ccccc4n3)cc21. The van der Waals surface area contributed by atoms with Crippen molar-refractivity contribution in [3.63, 3.8) is 0 Å². The van der Waals surface area contributed by atoms with E-state index in [4.69, 9.17) is 19.9 Å². The number of rotatable bonds is 10. The standard InChI is InChI=1S/C95H66N6/c1-93(2)79-53-59(33-43-71(79)73-47-41-67(57-81(73)93)100(89-49-37-63-17-5-13-25-85(63)96-89)90-50-38-64-18-6-14-26-86(64)97-90)29-31-61-35-45-75-76-46-36-62(56-84(76)95(83(75)55-61)77-23-11-9-21-69(77)70-22-10-12-24-78(70)95)32-30-60-34-44-72-74-48-42-68(58-82(74)94(3,4)80(72)54-60)101(91-51-39-65-19-7-15-27-87(65)98-91)92-52-40-66-20-8-16-28-88(66)99-92/h5-58H,1-4H3/b31-29+,32-30+. The number of hydrogen-bond acceptors (Lipinski definition) is 6. The van der Waals surface area contributed by atoms with Gasteiger partial charge < -0.3 is 0 Å². The molecule has 0 unspecified atom stereocenters. The number of para-hydroxylation sites is 4. The fourth-order valence-electron chi connectivity index (χ4n) is 17.2. The molecule has 12 aromatic carbocycles. The molecule has 0 aliphatic heterocycles. The molecule has 0 saturated heterocycles. The predicted octanol–water partition coefficient (Wildman–Crippen LogP) is 24.1. The van der Waals surface area contributed by atoms with Crippen LogP contribution in [0.3, 0.4) is 0 Å². The molecule has 101 heavy (non-hydrogen) atoms. The molecule has 1 spiro atoms. The Balaban J connectivity index is 0.617. The molecular formula is C95H66N6. The number of anilines is 6. The Morgan fingerprint density at radius 1 is 0.228 bits per heavy atom. The van der Waals surface area contributed by atoms with Gasteiger partial charge in [-0.3, -0.25) is 9.80 Å². The molecule has 0 amide bonds. The molecule has 4 aliphatic carbocycles. The summed E-state index contributed by atoms with van der Waals surface area (Å²) < 4.78 is 0. The molecule has 0 N–H and O–H groups in total. The van der Waals surface area contributed by atoms with Crippen molar-refractivity contribution < 1.29 is 0 Å². The van der Waals surface area contributed by atoms with Crippen LogP contribution in [0, 0.1) is 0 Å². The lowest BCUT2D eigenvalue weighted by Gasteiger charge is -2.30. The Bertz CT molecular complexity index is 5730. The molecule has 4 aliphatic rings. The second-order valence-electron chi connectivity index (χ2n) is 28.6. The van der Waals surface area contributed by atoms with Gasteiger partial charge in [-0.25, -0.2) is 19.9 Å². The van der Waals surface area contributed by atoms with Crippen LogP contribution >= 0.6 is 0 Å². The minimum absolute atomic E-state index is 0.289. The summed E-state index contributed by atoms with van der Waals surface area (Å²) in [6, 6.07) is 111. The van der Waals surface area contributed by atoms with Crippen LogP contribution in [-0.2, 0) is 16.2 Å². The monoisotopic (exact) mass is 1290 g/mol. The average Bonchev–Trinajstić information content (AvgIpc) is 1.51.